The molecule has 0 fully saturated rings. The standard InChI is InChI=1S/C16H24ClN3O2S/c1-11(9-18)10-19-16(22)14(7-8-23-2)20-15(21)12-5-3-4-6-13(12)17/h3-6,11,14H,7-10,18H2,1-2H3,(H,19,22)(H,20,21). The lowest BCUT2D eigenvalue weighted by Crippen LogP contribution is -2.48. The molecule has 0 aliphatic carbocycles. The van der Waals surface area contributed by atoms with E-state index >= 15 is 0 Å². The maximum Gasteiger partial charge on any atom is 0.253 e. The van der Waals surface area contributed by atoms with Crippen molar-refractivity contribution in [2.75, 3.05) is 25.1 Å². The number of amides is 2. The molecule has 128 valence electrons. The number of halogens is 1. The molecule has 1 aromatic rings. The molecule has 0 aliphatic heterocycles. The first-order valence-corrected chi connectivity index (χ1v) is 9.28. The number of hydrogen-bond acceptors (Lipinski definition) is 4. The van der Waals surface area contributed by atoms with Crippen molar-refractivity contribution in [1.82, 2.24) is 10.6 Å². The summed E-state index contributed by atoms with van der Waals surface area (Å²) >= 11 is 7.65. The van der Waals surface area contributed by atoms with Crippen molar-refractivity contribution in [3.63, 3.8) is 0 Å². The Hall–Kier alpha value is -1.24. The molecule has 2 atom stereocenters. The number of benzene rings is 1. The average molecular weight is 358 g/mol. The van der Waals surface area contributed by atoms with E-state index in [9.17, 15) is 9.59 Å². The summed E-state index contributed by atoms with van der Waals surface area (Å²) in [6, 6.07) is 6.19. The van der Waals surface area contributed by atoms with Crippen molar-refractivity contribution in [1.29, 1.82) is 0 Å². The van der Waals surface area contributed by atoms with E-state index in [4.69, 9.17) is 17.3 Å². The Morgan fingerprint density at radius 1 is 1.35 bits per heavy atom. The summed E-state index contributed by atoms with van der Waals surface area (Å²) in [7, 11) is 0. The van der Waals surface area contributed by atoms with Crippen molar-refractivity contribution < 1.29 is 9.59 Å². The summed E-state index contributed by atoms with van der Waals surface area (Å²) in [6.45, 7) is 2.95. The van der Waals surface area contributed by atoms with Gasteiger partial charge in [-0.25, -0.2) is 0 Å². The number of rotatable bonds is 9. The molecular formula is C16H24ClN3O2S. The van der Waals surface area contributed by atoms with E-state index in [-0.39, 0.29) is 17.7 Å². The first kappa shape index (κ1) is 19.8. The van der Waals surface area contributed by atoms with Crippen molar-refractivity contribution in [3.05, 3.63) is 34.9 Å². The molecule has 4 N–H and O–H groups in total. The minimum absolute atomic E-state index is 0.194. The highest BCUT2D eigenvalue weighted by molar-refractivity contribution is 7.98. The molecule has 0 saturated heterocycles. The van der Waals surface area contributed by atoms with Gasteiger partial charge in [0.1, 0.15) is 6.04 Å². The second kappa shape index (κ2) is 10.5. The SMILES string of the molecule is CSCCC(NC(=O)c1ccccc1Cl)C(=O)NCC(C)CN. The lowest BCUT2D eigenvalue weighted by atomic mass is 10.1. The van der Waals surface area contributed by atoms with Crippen molar-refractivity contribution in [2.45, 2.75) is 19.4 Å². The monoisotopic (exact) mass is 357 g/mol. The zero-order chi connectivity index (χ0) is 17.2. The van der Waals surface area contributed by atoms with Crippen LogP contribution in [-0.4, -0.2) is 43.0 Å². The first-order valence-electron chi connectivity index (χ1n) is 7.51. The Bertz CT molecular complexity index is 528. The Kier molecular flexibility index (Phi) is 9.06. The number of carbonyl (C=O) groups excluding carboxylic acids is 2. The smallest absolute Gasteiger partial charge is 0.253 e. The Morgan fingerprint density at radius 3 is 2.65 bits per heavy atom. The molecule has 0 radical (unpaired) electrons. The number of carbonyl (C=O) groups is 2. The van der Waals surface area contributed by atoms with Crippen LogP contribution in [0, 0.1) is 5.92 Å². The average Bonchev–Trinajstić information content (AvgIpc) is 2.56. The van der Waals surface area contributed by atoms with Gasteiger partial charge in [0.25, 0.3) is 5.91 Å². The lowest BCUT2D eigenvalue weighted by molar-refractivity contribution is -0.123. The van der Waals surface area contributed by atoms with E-state index in [2.05, 4.69) is 10.6 Å². The normalized spacial score (nSPS) is 13.2. The van der Waals surface area contributed by atoms with Crippen LogP contribution in [0.4, 0.5) is 0 Å². The van der Waals surface area contributed by atoms with E-state index in [1.165, 1.54) is 0 Å². The van der Waals surface area contributed by atoms with E-state index in [0.29, 0.717) is 30.1 Å². The molecule has 2 amide bonds. The van der Waals surface area contributed by atoms with E-state index < -0.39 is 6.04 Å². The Balaban J connectivity index is 2.71. The predicted molar refractivity (Wildman–Crippen MR) is 96.9 cm³/mol. The zero-order valence-electron chi connectivity index (χ0n) is 13.5. The van der Waals surface area contributed by atoms with Crippen molar-refractivity contribution >= 4 is 35.2 Å². The van der Waals surface area contributed by atoms with E-state index in [1.54, 1.807) is 36.0 Å². The molecule has 7 heteroatoms. The minimum atomic E-state index is -0.587. The molecular weight excluding hydrogens is 334 g/mol. The molecule has 0 spiro atoms. The number of thioether (sulfide) groups is 1. The van der Waals surface area contributed by atoms with Crippen LogP contribution in [0.2, 0.25) is 5.02 Å². The molecule has 23 heavy (non-hydrogen) atoms. The van der Waals surface area contributed by atoms with Crippen LogP contribution in [0.25, 0.3) is 0 Å². The number of nitrogens with two attached hydrogens (primary N) is 1. The van der Waals surface area contributed by atoms with Gasteiger partial charge in [-0.15, -0.1) is 0 Å². The van der Waals surface area contributed by atoms with Gasteiger partial charge in [0.2, 0.25) is 5.91 Å². The van der Waals surface area contributed by atoms with E-state index in [1.807, 2.05) is 13.2 Å². The van der Waals surface area contributed by atoms with Gasteiger partial charge in [0.15, 0.2) is 0 Å². The third-order valence-electron chi connectivity index (χ3n) is 3.38. The molecule has 0 saturated carbocycles. The highest BCUT2D eigenvalue weighted by Gasteiger charge is 2.22. The molecule has 0 heterocycles. The van der Waals surface area contributed by atoms with Gasteiger partial charge < -0.3 is 16.4 Å². The molecule has 5 nitrogen and oxygen atoms in total. The first-order chi connectivity index (χ1) is 11.0. The summed E-state index contributed by atoms with van der Waals surface area (Å²) < 4.78 is 0. The molecule has 1 rings (SSSR count). The fourth-order valence-corrected chi connectivity index (χ4v) is 2.56. The zero-order valence-corrected chi connectivity index (χ0v) is 15.0. The maximum absolute atomic E-state index is 12.3. The van der Waals surface area contributed by atoms with Gasteiger partial charge in [-0.1, -0.05) is 30.7 Å². The molecule has 2 unspecified atom stereocenters. The van der Waals surface area contributed by atoms with Gasteiger partial charge >= 0.3 is 0 Å². The topological polar surface area (TPSA) is 84.2 Å². The van der Waals surface area contributed by atoms with Crippen LogP contribution in [-0.2, 0) is 4.79 Å². The number of hydrogen-bond donors (Lipinski definition) is 3. The van der Waals surface area contributed by atoms with Crippen molar-refractivity contribution in [2.24, 2.45) is 11.7 Å². The van der Waals surface area contributed by atoms with Gasteiger partial charge in [0, 0.05) is 6.54 Å². The third-order valence-corrected chi connectivity index (χ3v) is 4.35. The third kappa shape index (κ3) is 6.81. The second-order valence-corrected chi connectivity index (χ2v) is 6.77. The highest BCUT2D eigenvalue weighted by atomic mass is 35.5. The molecule has 0 aromatic heterocycles. The van der Waals surface area contributed by atoms with Gasteiger partial charge in [-0.3, -0.25) is 9.59 Å². The summed E-state index contributed by atoms with van der Waals surface area (Å²) in [5.41, 5.74) is 5.92. The quantitative estimate of drug-likeness (QED) is 0.630. The highest BCUT2D eigenvalue weighted by Crippen LogP contribution is 2.15. The van der Waals surface area contributed by atoms with Crippen LogP contribution in [0.15, 0.2) is 24.3 Å². The van der Waals surface area contributed by atoms with Gasteiger partial charge in [0.05, 0.1) is 10.6 Å². The van der Waals surface area contributed by atoms with Gasteiger partial charge in [-0.05, 0) is 43.0 Å². The molecule has 1 aromatic carbocycles. The fraction of sp³-hybridized carbons (Fsp3) is 0.500. The Morgan fingerprint density at radius 2 is 2.04 bits per heavy atom. The second-order valence-electron chi connectivity index (χ2n) is 5.37. The summed E-state index contributed by atoms with van der Waals surface area (Å²) in [5, 5.41) is 5.97. The largest absolute Gasteiger partial charge is 0.354 e. The van der Waals surface area contributed by atoms with Crippen LogP contribution in [0.1, 0.15) is 23.7 Å². The maximum atomic E-state index is 12.3. The summed E-state index contributed by atoms with van der Waals surface area (Å²) in [4.78, 5) is 24.6. The predicted octanol–water partition coefficient (Wildman–Crippen LogP) is 1.90. The van der Waals surface area contributed by atoms with Crippen LogP contribution in [0.5, 0.6) is 0 Å². The molecule has 0 aliphatic rings. The van der Waals surface area contributed by atoms with E-state index in [0.717, 1.165) is 5.75 Å². The lowest BCUT2D eigenvalue weighted by Gasteiger charge is -2.19. The minimum Gasteiger partial charge on any atom is -0.354 e. The molecule has 0 bridgehead atoms. The summed E-state index contributed by atoms with van der Waals surface area (Å²) in [5.74, 6) is 0.427. The van der Waals surface area contributed by atoms with Crippen LogP contribution in [0.3, 0.4) is 0 Å². The number of nitrogens with one attached hydrogen (secondary N) is 2. The Labute approximate surface area is 146 Å². The van der Waals surface area contributed by atoms with Crippen LogP contribution >= 0.6 is 23.4 Å². The summed E-state index contributed by atoms with van der Waals surface area (Å²) in [6.07, 6.45) is 2.52. The van der Waals surface area contributed by atoms with Crippen molar-refractivity contribution in [3.8, 4) is 0 Å². The fourth-order valence-electron chi connectivity index (χ4n) is 1.87. The van der Waals surface area contributed by atoms with Gasteiger partial charge in [-0.2, -0.15) is 11.8 Å². The van der Waals surface area contributed by atoms with Crippen LogP contribution < -0.4 is 16.4 Å².